The summed E-state index contributed by atoms with van der Waals surface area (Å²) in [7, 11) is 0. The first kappa shape index (κ1) is 17.4. The van der Waals surface area contributed by atoms with Gasteiger partial charge in [0.05, 0.1) is 12.8 Å². The summed E-state index contributed by atoms with van der Waals surface area (Å²) in [5.41, 5.74) is 1.90. The Morgan fingerprint density at radius 1 is 1.32 bits per heavy atom. The average Bonchev–Trinajstić information content (AvgIpc) is 2.67. The maximum absolute atomic E-state index is 12.5. The molecule has 1 amide bonds. The number of carbonyl (C=O) groups excluding carboxylic acids is 1. The highest BCUT2D eigenvalue weighted by molar-refractivity contribution is 5.92. The Kier molecular flexibility index (Phi) is 5.95. The van der Waals surface area contributed by atoms with Crippen LogP contribution in [0, 0.1) is 5.92 Å². The smallest absolute Gasteiger partial charge is 0.227 e. The van der Waals surface area contributed by atoms with Gasteiger partial charge in [-0.25, -0.2) is 4.98 Å². The summed E-state index contributed by atoms with van der Waals surface area (Å²) in [5, 5.41) is 3.04. The van der Waals surface area contributed by atoms with Gasteiger partial charge < -0.3 is 15.0 Å². The highest BCUT2D eigenvalue weighted by atomic mass is 16.5. The van der Waals surface area contributed by atoms with Crippen molar-refractivity contribution in [2.45, 2.75) is 26.4 Å². The molecule has 0 unspecified atom stereocenters. The third kappa shape index (κ3) is 4.76. The van der Waals surface area contributed by atoms with E-state index in [0.717, 1.165) is 43.0 Å². The van der Waals surface area contributed by atoms with Crippen LogP contribution in [-0.4, -0.2) is 35.6 Å². The molecule has 3 rings (SSSR count). The lowest BCUT2D eigenvalue weighted by Crippen LogP contribution is -2.38. The van der Waals surface area contributed by atoms with Gasteiger partial charge in [0.15, 0.2) is 0 Å². The quantitative estimate of drug-likeness (QED) is 0.876. The van der Waals surface area contributed by atoms with Gasteiger partial charge in [-0.05, 0) is 37.5 Å². The molecule has 25 heavy (non-hydrogen) atoms. The maximum Gasteiger partial charge on any atom is 0.227 e. The Bertz CT molecular complexity index is 685. The number of aromatic nitrogens is 2. The van der Waals surface area contributed by atoms with E-state index in [1.54, 1.807) is 18.6 Å². The maximum atomic E-state index is 12.5. The number of nitrogens with zero attached hydrogens (tertiary/aromatic N) is 3. The first-order chi connectivity index (χ1) is 12.3. The number of piperidine rings is 1. The number of anilines is 2. The number of nitrogens with one attached hydrogen (secondary N) is 1. The minimum atomic E-state index is 0.0310. The molecule has 1 N–H and O–H groups in total. The highest BCUT2D eigenvalue weighted by Crippen LogP contribution is 2.23. The average molecular weight is 340 g/mol. The van der Waals surface area contributed by atoms with Crippen LogP contribution in [0.15, 0.2) is 42.9 Å². The number of hydrogen-bond donors (Lipinski definition) is 1. The van der Waals surface area contributed by atoms with E-state index in [2.05, 4.69) is 20.2 Å². The molecule has 6 heteroatoms. The van der Waals surface area contributed by atoms with Crippen LogP contribution in [0.5, 0.6) is 0 Å². The van der Waals surface area contributed by atoms with E-state index in [1.165, 1.54) is 0 Å². The van der Waals surface area contributed by atoms with E-state index in [9.17, 15) is 4.79 Å². The fourth-order valence-electron chi connectivity index (χ4n) is 3.03. The molecule has 2 heterocycles. The van der Waals surface area contributed by atoms with E-state index < -0.39 is 0 Å². The molecule has 1 aromatic heterocycles. The topological polar surface area (TPSA) is 67.3 Å². The minimum absolute atomic E-state index is 0.0310. The Morgan fingerprint density at radius 3 is 2.88 bits per heavy atom. The number of ether oxygens (including phenoxy) is 1. The molecular weight excluding hydrogens is 316 g/mol. The lowest BCUT2D eigenvalue weighted by atomic mass is 9.96. The Morgan fingerprint density at radius 2 is 2.16 bits per heavy atom. The molecule has 0 atom stereocenters. The lowest BCUT2D eigenvalue weighted by Gasteiger charge is -2.31. The zero-order chi connectivity index (χ0) is 17.5. The number of amides is 1. The SMILES string of the molecule is CCOCc1cccc(NC(=O)C2CCN(c3cnccn3)CC2)c1. The first-order valence-corrected chi connectivity index (χ1v) is 8.74. The summed E-state index contributed by atoms with van der Waals surface area (Å²) < 4.78 is 5.42. The van der Waals surface area contributed by atoms with E-state index >= 15 is 0 Å². The molecule has 1 fully saturated rings. The van der Waals surface area contributed by atoms with E-state index in [1.807, 2.05) is 31.2 Å². The number of carbonyl (C=O) groups is 1. The molecule has 1 aliphatic heterocycles. The molecule has 1 aliphatic rings. The van der Waals surface area contributed by atoms with Crippen LogP contribution in [0.2, 0.25) is 0 Å². The Balaban J connectivity index is 1.53. The summed E-state index contributed by atoms with van der Waals surface area (Å²) in [4.78, 5) is 23.2. The van der Waals surface area contributed by atoms with Gasteiger partial charge in [0.25, 0.3) is 0 Å². The fourth-order valence-corrected chi connectivity index (χ4v) is 3.03. The fraction of sp³-hybridized carbons (Fsp3) is 0.421. The van der Waals surface area contributed by atoms with Crippen LogP contribution in [0.25, 0.3) is 0 Å². The van der Waals surface area contributed by atoms with E-state index in [-0.39, 0.29) is 11.8 Å². The van der Waals surface area contributed by atoms with Crippen LogP contribution >= 0.6 is 0 Å². The lowest BCUT2D eigenvalue weighted by molar-refractivity contribution is -0.120. The van der Waals surface area contributed by atoms with Crippen molar-refractivity contribution in [3.05, 3.63) is 48.4 Å². The molecule has 0 bridgehead atoms. The largest absolute Gasteiger partial charge is 0.377 e. The number of hydrogen-bond acceptors (Lipinski definition) is 5. The summed E-state index contributed by atoms with van der Waals surface area (Å²) in [6.45, 7) is 4.86. The van der Waals surface area contributed by atoms with Crippen molar-refractivity contribution >= 4 is 17.4 Å². The predicted molar refractivity (Wildman–Crippen MR) is 97.4 cm³/mol. The summed E-state index contributed by atoms with van der Waals surface area (Å²) in [6.07, 6.45) is 6.78. The van der Waals surface area contributed by atoms with Gasteiger partial charge in [0, 0.05) is 43.7 Å². The van der Waals surface area contributed by atoms with Crippen molar-refractivity contribution in [1.29, 1.82) is 0 Å². The molecule has 0 radical (unpaired) electrons. The molecular formula is C19H24N4O2. The molecule has 6 nitrogen and oxygen atoms in total. The summed E-state index contributed by atoms with van der Waals surface area (Å²) in [5.74, 6) is 1.00. The first-order valence-electron chi connectivity index (χ1n) is 8.74. The van der Waals surface area contributed by atoms with E-state index in [4.69, 9.17) is 4.74 Å². The molecule has 132 valence electrons. The van der Waals surface area contributed by atoms with Crippen LogP contribution < -0.4 is 10.2 Å². The predicted octanol–water partition coefficient (Wildman–Crippen LogP) is 2.87. The summed E-state index contributed by atoms with van der Waals surface area (Å²) >= 11 is 0. The zero-order valence-corrected chi connectivity index (χ0v) is 14.5. The zero-order valence-electron chi connectivity index (χ0n) is 14.5. The van der Waals surface area contributed by atoms with Gasteiger partial charge in [-0.2, -0.15) is 0 Å². The van der Waals surface area contributed by atoms with Gasteiger partial charge in [-0.3, -0.25) is 9.78 Å². The Hall–Kier alpha value is -2.47. The number of benzene rings is 1. The molecule has 0 aliphatic carbocycles. The van der Waals surface area contributed by atoms with Gasteiger partial charge in [0.1, 0.15) is 5.82 Å². The third-order valence-electron chi connectivity index (χ3n) is 4.41. The Labute approximate surface area is 148 Å². The molecule has 1 aromatic carbocycles. The van der Waals surface area contributed by atoms with Crippen LogP contribution in [0.3, 0.4) is 0 Å². The molecule has 0 saturated carbocycles. The van der Waals surface area contributed by atoms with Crippen LogP contribution in [-0.2, 0) is 16.1 Å². The second-order valence-electron chi connectivity index (χ2n) is 6.15. The summed E-state index contributed by atoms with van der Waals surface area (Å²) in [6, 6.07) is 7.84. The van der Waals surface area contributed by atoms with Crippen LogP contribution in [0.4, 0.5) is 11.5 Å². The van der Waals surface area contributed by atoms with Crippen molar-refractivity contribution in [2.24, 2.45) is 5.92 Å². The standard InChI is InChI=1S/C19H24N4O2/c1-2-25-14-15-4-3-5-17(12-15)22-19(24)16-6-10-23(11-7-16)18-13-20-8-9-21-18/h3-5,8-9,12-13,16H,2,6-7,10-11,14H2,1H3,(H,22,24). The minimum Gasteiger partial charge on any atom is -0.377 e. The van der Waals surface area contributed by atoms with Gasteiger partial charge in [-0.15, -0.1) is 0 Å². The second-order valence-corrected chi connectivity index (χ2v) is 6.15. The van der Waals surface area contributed by atoms with Crippen molar-refractivity contribution in [3.8, 4) is 0 Å². The van der Waals surface area contributed by atoms with Crippen molar-refractivity contribution < 1.29 is 9.53 Å². The second kappa shape index (κ2) is 8.58. The van der Waals surface area contributed by atoms with Crippen molar-refractivity contribution in [3.63, 3.8) is 0 Å². The van der Waals surface area contributed by atoms with E-state index in [0.29, 0.717) is 13.2 Å². The van der Waals surface area contributed by atoms with Crippen molar-refractivity contribution in [1.82, 2.24) is 9.97 Å². The number of rotatable bonds is 6. The normalized spacial score (nSPS) is 15.2. The monoisotopic (exact) mass is 340 g/mol. The van der Waals surface area contributed by atoms with Gasteiger partial charge in [-0.1, -0.05) is 12.1 Å². The molecule has 1 saturated heterocycles. The van der Waals surface area contributed by atoms with Gasteiger partial charge >= 0.3 is 0 Å². The molecule has 2 aromatic rings. The highest BCUT2D eigenvalue weighted by Gasteiger charge is 2.25. The third-order valence-corrected chi connectivity index (χ3v) is 4.41. The van der Waals surface area contributed by atoms with Crippen molar-refractivity contribution in [2.75, 3.05) is 29.9 Å². The molecule has 0 spiro atoms. The van der Waals surface area contributed by atoms with Gasteiger partial charge in [0.2, 0.25) is 5.91 Å². The van der Waals surface area contributed by atoms with Crippen LogP contribution in [0.1, 0.15) is 25.3 Å².